The zero-order chi connectivity index (χ0) is 21.0. The fourth-order valence-corrected chi connectivity index (χ4v) is 3.84. The Hall–Kier alpha value is -2.45. The molecule has 1 aromatic carbocycles. The van der Waals surface area contributed by atoms with Crippen molar-refractivity contribution < 1.29 is 44.1 Å². The van der Waals surface area contributed by atoms with Crippen molar-refractivity contribution in [3.63, 3.8) is 0 Å². The summed E-state index contributed by atoms with van der Waals surface area (Å²) in [6.45, 7) is -1.38. The smallest absolute Gasteiger partial charge is 0.304 e. The third-order valence-electron chi connectivity index (χ3n) is 4.34. The van der Waals surface area contributed by atoms with Crippen LogP contribution >= 0.6 is 0 Å². The lowest BCUT2D eigenvalue weighted by atomic mass is 10.0. The third-order valence-corrected chi connectivity index (χ3v) is 5.68. The number of rotatable bonds is 6. The second-order valence-electron chi connectivity index (χ2n) is 6.11. The molecule has 10 nitrogen and oxygen atoms in total. The molecule has 2 aliphatic heterocycles. The zero-order valence-electron chi connectivity index (χ0n) is 13.8. The topological polar surface area (TPSA) is 146 Å². The number of amides is 3. The number of hydrogen-bond acceptors (Lipinski definition) is 8. The Morgan fingerprint density at radius 3 is 1.86 bits per heavy atom. The summed E-state index contributed by atoms with van der Waals surface area (Å²) in [5.41, 5.74) is -0.767. The van der Waals surface area contributed by atoms with Gasteiger partial charge in [-0.15, -0.1) is 7.77 Å². The van der Waals surface area contributed by atoms with Crippen LogP contribution in [0.2, 0.25) is 0 Å². The number of carbonyl (C=O) groups is 3. The van der Waals surface area contributed by atoms with Crippen molar-refractivity contribution in [1.29, 1.82) is 0 Å². The standard InChI is InChI=1S/C14H12F2N2O8S2/c15-27(23,24)3-1-17-11(19)7-5-9-10(6-8(7)12(17)20)14(22)18(13(9)21)2-4-28(16,25)26/h5-6,11,19H,1-4H2. The normalized spacial score (nSPS) is 19.4. The molecule has 0 aromatic heterocycles. The number of aliphatic hydroxyl groups is 1. The van der Waals surface area contributed by atoms with E-state index in [9.17, 15) is 44.1 Å². The summed E-state index contributed by atoms with van der Waals surface area (Å²) in [5.74, 6) is -4.90. The highest BCUT2D eigenvalue weighted by molar-refractivity contribution is 7.86. The molecule has 3 rings (SSSR count). The maximum atomic E-state index is 12.7. The van der Waals surface area contributed by atoms with E-state index in [1.165, 1.54) is 0 Å². The van der Waals surface area contributed by atoms with Crippen LogP contribution in [-0.2, 0) is 20.4 Å². The van der Waals surface area contributed by atoms with Gasteiger partial charge in [0.2, 0.25) is 0 Å². The second kappa shape index (κ2) is 6.56. The molecular weight excluding hydrogens is 426 g/mol. The molecule has 0 aliphatic carbocycles. The molecule has 0 radical (unpaired) electrons. The minimum absolute atomic E-state index is 0.0962. The third kappa shape index (κ3) is 3.62. The van der Waals surface area contributed by atoms with E-state index in [-0.39, 0.29) is 22.3 Å². The predicted octanol–water partition coefficient (Wildman–Crippen LogP) is -0.672. The van der Waals surface area contributed by atoms with Gasteiger partial charge in [0.25, 0.3) is 17.7 Å². The van der Waals surface area contributed by atoms with E-state index in [0.717, 1.165) is 12.1 Å². The molecule has 1 atom stereocenters. The van der Waals surface area contributed by atoms with Crippen LogP contribution in [0, 0.1) is 0 Å². The summed E-state index contributed by atoms with van der Waals surface area (Å²) in [6.07, 6.45) is -1.67. The molecular formula is C14H12F2N2O8S2. The largest absolute Gasteiger partial charge is 0.369 e. The van der Waals surface area contributed by atoms with Crippen molar-refractivity contribution in [2.45, 2.75) is 6.23 Å². The average Bonchev–Trinajstić information content (AvgIpc) is 2.94. The molecule has 0 saturated heterocycles. The van der Waals surface area contributed by atoms with Crippen LogP contribution in [0.5, 0.6) is 0 Å². The van der Waals surface area contributed by atoms with Gasteiger partial charge in [0.05, 0.1) is 22.6 Å². The first-order valence-corrected chi connectivity index (χ1v) is 10.8. The summed E-state index contributed by atoms with van der Waals surface area (Å²) in [6, 6.07) is 2.05. The Balaban J connectivity index is 1.91. The molecule has 2 aliphatic rings. The van der Waals surface area contributed by atoms with Crippen LogP contribution in [0.4, 0.5) is 7.77 Å². The SMILES string of the molecule is O=C1c2cc3c(cc2C(=O)N1CCS(=O)(=O)F)C(O)N(CCS(=O)(=O)F)C3=O. The van der Waals surface area contributed by atoms with E-state index in [1.807, 2.05) is 0 Å². The monoisotopic (exact) mass is 438 g/mol. The van der Waals surface area contributed by atoms with Crippen molar-refractivity contribution >= 4 is 38.2 Å². The van der Waals surface area contributed by atoms with Gasteiger partial charge in [-0.3, -0.25) is 19.3 Å². The van der Waals surface area contributed by atoms with Gasteiger partial charge in [0, 0.05) is 24.2 Å². The molecule has 0 saturated carbocycles. The van der Waals surface area contributed by atoms with Gasteiger partial charge in [-0.05, 0) is 12.1 Å². The first-order chi connectivity index (χ1) is 12.8. The highest BCUT2D eigenvalue weighted by atomic mass is 32.3. The Morgan fingerprint density at radius 2 is 1.32 bits per heavy atom. The maximum Gasteiger partial charge on any atom is 0.304 e. The van der Waals surface area contributed by atoms with Crippen molar-refractivity contribution in [2.24, 2.45) is 0 Å². The second-order valence-corrected chi connectivity index (χ2v) is 9.08. The number of halogens is 2. The van der Waals surface area contributed by atoms with Crippen LogP contribution < -0.4 is 0 Å². The Morgan fingerprint density at radius 1 is 0.821 bits per heavy atom. The number of carbonyl (C=O) groups excluding carboxylic acids is 3. The van der Waals surface area contributed by atoms with E-state index >= 15 is 0 Å². The zero-order valence-corrected chi connectivity index (χ0v) is 15.5. The van der Waals surface area contributed by atoms with Crippen LogP contribution in [0.1, 0.15) is 42.9 Å². The summed E-state index contributed by atoms with van der Waals surface area (Å²) >= 11 is 0. The van der Waals surface area contributed by atoms with Crippen LogP contribution in [0.25, 0.3) is 0 Å². The lowest BCUT2D eigenvalue weighted by molar-refractivity contribution is 0.0205. The number of benzene rings is 1. The minimum Gasteiger partial charge on any atom is -0.369 e. The van der Waals surface area contributed by atoms with Crippen molar-refractivity contribution in [3.8, 4) is 0 Å². The molecule has 28 heavy (non-hydrogen) atoms. The molecule has 1 N–H and O–H groups in total. The first-order valence-electron chi connectivity index (χ1n) is 7.68. The van der Waals surface area contributed by atoms with Gasteiger partial charge in [0.15, 0.2) is 6.23 Å². The van der Waals surface area contributed by atoms with Gasteiger partial charge in [-0.25, -0.2) is 0 Å². The van der Waals surface area contributed by atoms with Gasteiger partial charge in [-0.2, -0.15) is 16.8 Å². The lowest BCUT2D eigenvalue weighted by Crippen LogP contribution is -2.34. The minimum atomic E-state index is -4.93. The predicted molar refractivity (Wildman–Crippen MR) is 87.6 cm³/mol. The fourth-order valence-electron chi connectivity index (χ4n) is 3.02. The molecule has 152 valence electrons. The van der Waals surface area contributed by atoms with Crippen molar-refractivity contribution in [1.82, 2.24) is 9.80 Å². The summed E-state index contributed by atoms with van der Waals surface area (Å²) < 4.78 is 67.9. The van der Waals surface area contributed by atoms with Crippen molar-refractivity contribution in [2.75, 3.05) is 24.6 Å². The fraction of sp³-hybridized carbons (Fsp3) is 0.357. The number of hydrogen-bond donors (Lipinski definition) is 1. The van der Waals surface area contributed by atoms with Gasteiger partial charge in [-0.1, -0.05) is 0 Å². The Labute approximate surface area is 157 Å². The molecule has 2 heterocycles. The Bertz CT molecular complexity index is 1120. The van der Waals surface area contributed by atoms with E-state index in [2.05, 4.69) is 0 Å². The van der Waals surface area contributed by atoms with Gasteiger partial charge >= 0.3 is 20.4 Å². The molecule has 0 fully saturated rings. The molecule has 0 spiro atoms. The molecule has 3 amide bonds. The van der Waals surface area contributed by atoms with E-state index in [0.29, 0.717) is 9.80 Å². The number of imide groups is 1. The highest BCUT2D eigenvalue weighted by Gasteiger charge is 2.42. The summed E-state index contributed by atoms with van der Waals surface area (Å²) in [4.78, 5) is 38.2. The first kappa shape index (κ1) is 20.3. The van der Waals surface area contributed by atoms with E-state index in [1.54, 1.807) is 0 Å². The molecule has 0 bridgehead atoms. The van der Waals surface area contributed by atoms with E-state index < -0.39 is 69.0 Å². The quantitative estimate of drug-likeness (QED) is 0.454. The number of aliphatic hydroxyl groups excluding tert-OH is 1. The number of nitrogens with zero attached hydrogens (tertiary/aromatic N) is 2. The lowest BCUT2D eigenvalue weighted by Gasteiger charge is -2.19. The van der Waals surface area contributed by atoms with Crippen LogP contribution in [0.3, 0.4) is 0 Å². The molecule has 1 aromatic rings. The van der Waals surface area contributed by atoms with Crippen LogP contribution in [0.15, 0.2) is 12.1 Å². The molecule has 14 heteroatoms. The average molecular weight is 438 g/mol. The maximum absolute atomic E-state index is 12.7. The Kier molecular flexibility index (Phi) is 4.75. The van der Waals surface area contributed by atoms with E-state index in [4.69, 9.17) is 0 Å². The molecule has 1 unspecified atom stereocenters. The summed E-state index contributed by atoms with van der Waals surface area (Å²) in [5, 5.41) is 10.2. The van der Waals surface area contributed by atoms with Gasteiger partial charge < -0.3 is 10.0 Å². The van der Waals surface area contributed by atoms with Gasteiger partial charge in [0.1, 0.15) is 0 Å². The van der Waals surface area contributed by atoms with Crippen molar-refractivity contribution in [3.05, 3.63) is 34.4 Å². The highest BCUT2D eigenvalue weighted by Crippen LogP contribution is 2.36. The number of fused-ring (bicyclic) bond motifs is 2. The van der Waals surface area contributed by atoms with Crippen LogP contribution in [-0.4, -0.2) is 74.1 Å². The summed E-state index contributed by atoms with van der Waals surface area (Å²) in [7, 11) is -9.82.